The summed E-state index contributed by atoms with van der Waals surface area (Å²) in [6, 6.07) is 0. The average Bonchev–Trinajstić information content (AvgIpc) is 2.98. The van der Waals surface area contributed by atoms with Gasteiger partial charge in [0.1, 0.15) is 24.0 Å². The third kappa shape index (κ3) is 2.05. The highest BCUT2D eigenvalue weighted by Gasteiger charge is 2.47. The second-order valence-electron chi connectivity index (χ2n) is 5.28. The number of carbonyl (C=O) groups excluding carboxylic acids is 1. The molecular formula is C13H15BrN4O3. The van der Waals surface area contributed by atoms with Gasteiger partial charge in [0.25, 0.3) is 0 Å². The van der Waals surface area contributed by atoms with Crippen LogP contribution in [0.5, 0.6) is 0 Å². The van der Waals surface area contributed by atoms with Crippen LogP contribution in [-0.4, -0.2) is 38.1 Å². The highest BCUT2D eigenvalue weighted by molar-refractivity contribution is 9.10. The van der Waals surface area contributed by atoms with Crippen LogP contribution in [0.25, 0.3) is 11.0 Å². The zero-order chi connectivity index (χ0) is 15.2. The predicted octanol–water partition coefficient (Wildman–Crippen LogP) is 1.26. The lowest BCUT2D eigenvalue weighted by Gasteiger charge is -2.24. The molecule has 0 saturated carbocycles. The number of carbonyl (C=O) groups is 1. The molecule has 1 aliphatic heterocycles. The number of hydrogen-bond acceptors (Lipinski definition) is 6. The Balaban J connectivity index is 2.07. The van der Waals surface area contributed by atoms with Crippen molar-refractivity contribution < 1.29 is 14.6 Å². The molecule has 0 amide bonds. The summed E-state index contributed by atoms with van der Waals surface area (Å²) in [4.78, 5) is 19.5. The Labute approximate surface area is 129 Å². The van der Waals surface area contributed by atoms with Crippen LogP contribution in [0.1, 0.15) is 19.6 Å². The minimum Gasteiger partial charge on any atom is -0.393 e. The van der Waals surface area contributed by atoms with Crippen LogP contribution in [0.3, 0.4) is 0 Å². The Bertz CT molecular complexity index is 704. The Morgan fingerprint density at radius 1 is 1.67 bits per heavy atom. The van der Waals surface area contributed by atoms with Gasteiger partial charge in [0.15, 0.2) is 11.9 Å². The number of fused-ring (bicyclic) bond motifs is 1. The normalized spacial score (nSPS) is 29.1. The van der Waals surface area contributed by atoms with Crippen molar-refractivity contribution in [2.24, 2.45) is 5.92 Å². The molecule has 3 N–H and O–H groups in total. The Kier molecular flexibility index (Phi) is 3.46. The van der Waals surface area contributed by atoms with Gasteiger partial charge in [-0.3, -0.25) is 0 Å². The lowest BCUT2D eigenvalue weighted by atomic mass is 9.91. The second-order valence-corrected chi connectivity index (χ2v) is 6.14. The molecule has 7 nitrogen and oxygen atoms in total. The zero-order valence-corrected chi connectivity index (χ0v) is 12.9. The molecule has 3 rings (SSSR count). The van der Waals surface area contributed by atoms with Crippen molar-refractivity contribution in [3.63, 3.8) is 0 Å². The van der Waals surface area contributed by atoms with E-state index in [4.69, 9.17) is 10.5 Å². The molecule has 21 heavy (non-hydrogen) atoms. The van der Waals surface area contributed by atoms with Crippen molar-refractivity contribution in [2.45, 2.75) is 25.2 Å². The highest BCUT2D eigenvalue weighted by Crippen LogP contribution is 2.42. The van der Waals surface area contributed by atoms with Crippen molar-refractivity contribution in [3.8, 4) is 0 Å². The number of aliphatic hydroxyl groups excluding tert-OH is 1. The number of aromatic nitrogens is 3. The van der Waals surface area contributed by atoms with Gasteiger partial charge in [-0.05, 0) is 28.3 Å². The van der Waals surface area contributed by atoms with E-state index >= 15 is 0 Å². The molecule has 112 valence electrons. The van der Waals surface area contributed by atoms with Gasteiger partial charge in [-0.1, -0.05) is 6.92 Å². The lowest BCUT2D eigenvalue weighted by molar-refractivity contribution is -0.144. The summed E-state index contributed by atoms with van der Waals surface area (Å²) in [7, 11) is 0. The van der Waals surface area contributed by atoms with Crippen molar-refractivity contribution in [2.75, 3.05) is 12.3 Å². The molecule has 2 aromatic rings. The van der Waals surface area contributed by atoms with E-state index in [2.05, 4.69) is 25.9 Å². The van der Waals surface area contributed by atoms with Gasteiger partial charge >= 0.3 is 0 Å². The molecule has 0 bridgehead atoms. The molecule has 0 aromatic carbocycles. The molecule has 2 aromatic heterocycles. The quantitative estimate of drug-likeness (QED) is 0.804. The van der Waals surface area contributed by atoms with Crippen LogP contribution < -0.4 is 5.73 Å². The standard InChI is InChI=1S/C13H15BrN4O3/c1-7-2-9(21-13(7,4-19)5-20)18-3-8(14)10-11(15)16-6-17-12(10)18/h3-4,6-7,9,20H,2,5H2,1H3,(H2,15,16,17)/t7-,9+,13+/m0/s1. The van der Waals surface area contributed by atoms with E-state index < -0.39 is 5.60 Å². The molecular weight excluding hydrogens is 340 g/mol. The van der Waals surface area contributed by atoms with Gasteiger partial charge in [-0.25, -0.2) is 9.97 Å². The van der Waals surface area contributed by atoms with Gasteiger partial charge in [0.2, 0.25) is 0 Å². The minimum absolute atomic E-state index is 0.0968. The average molecular weight is 355 g/mol. The van der Waals surface area contributed by atoms with Gasteiger partial charge in [0.05, 0.1) is 12.0 Å². The topological polar surface area (TPSA) is 103 Å². The summed E-state index contributed by atoms with van der Waals surface area (Å²) in [6.07, 6.45) is 4.09. The first-order valence-corrected chi connectivity index (χ1v) is 7.33. The molecule has 3 heterocycles. The molecule has 3 atom stereocenters. The van der Waals surface area contributed by atoms with Crippen LogP contribution in [0.4, 0.5) is 5.82 Å². The number of aldehydes is 1. The van der Waals surface area contributed by atoms with Crippen molar-refractivity contribution in [1.82, 2.24) is 14.5 Å². The minimum atomic E-state index is -1.16. The first-order chi connectivity index (χ1) is 10.0. The number of rotatable bonds is 3. The Morgan fingerprint density at radius 3 is 3.05 bits per heavy atom. The summed E-state index contributed by atoms with van der Waals surface area (Å²) >= 11 is 3.44. The fourth-order valence-corrected chi connectivity index (χ4v) is 3.35. The lowest BCUT2D eigenvalue weighted by Crippen LogP contribution is -2.40. The van der Waals surface area contributed by atoms with Gasteiger partial charge in [-0.15, -0.1) is 0 Å². The summed E-state index contributed by atoms with van der Waals surface area (Å²) in [5.41, 5.74) is 5.34. The molecule has 0 radical (unpaired) electrons. The maximum absolute atomic E-state index is 11.3. The Hall–Kier alpha value is -1.51. The largest absolute Gasteiger partial charge is 0.393 e. The number of hydrogen-bond donors (Lipinski definition) is 2. The van der Waals surface area contributed by atoms with Crippen LogP contribution in [-0.2, 0) is 9.53 Å². The number of aliphatic hydroxyl groups is 1. The molecule has 0 spiro atoms. The summed E-state index contributed by atoms with van der Waals surface area (Å²) in [5.74, 6) is 0.279. The second kappa shape index (κ2) is 5.04. The van der Waals surface area contributed by atoms with Crippen molar-refractivity contribution in [3.05, 3.63) is 17.0 Å². The van der Waals surface area contributed by atoms with Crippen LogP contribution in [0.15, 0.2) is 17.0 Å². The number of ether oxygens (including phenoxy) is 1. The van der Waals surface area contributed by atoms with E-state index in [1.54, 1.807) is 0 Å². The van der Waals surface area contributed by atoms with Crippen molar-refractivity contribution in [1.29, 1.82) is 0 Å². The molecule has 0 unspecified atom stereocenters. The first-order valence-electron chi connectivity index (χ1n) is 6.54. The number of nitrogens with two attached hydrogens (primary N) is 1. The van der Waals surface area contributed by atoms with Gasteiger partial charge < -0.3 is 24.9 Å². The third-order valence-corrected chi connectivity index (χ3v) is 4.70. The molecule has 0 aliphatic carbocycles. The van der Waals surface area contributed by atoms with Crippen LogP contribution >= 0.6 is 15.9 Å². The van der Waals surface area contributed by atoms with E-state index in [1.165, 1.54) is 6.33 Å². The first kappa shape index (κ1) is 14.4. The highest BCUT2D eigenvalue weighted by atomic mass is 79.9. The summed E-state index contributed by atoms with van der Waals surface area (Å²) in [5, 5.41) is 10.2. The van der Waals surface area contributed by atoms with E-state index in [9.17, 15) is 9.90 Å². The molecule has 1 saturated heterocycles. The van der Waals surface area contributed by atoms with Crippen molar-refractivity contribution >= 4 is 39.1 Å². The number of nitrogens with zero attached hydrogens (tertiary/aromatic N) is 3. The molecule has 1 fully saturated rings. The third-order valence-electron chi connectivity index (χ3n) is 4.09. The molecule has 8 heteroatoms. The SMILES string of the molecule is C[C@H]1C[C@H](n2cc(Br)c3c(N)ncnc32)O[C@]1(C=O)CO. The number of halogens is 1. The van der Waals surface area contributed by atoms with E-state index in [-0.39, 0.29) is 18.8 Å². The fourth-order valence-electron chi connectivity index (χ4n) is 2.75. The van der Waals surface area contributed by atoms with E-state index in [0.29, 0.717) is 29.6 Å². The van der Waals surface area contributed by atoms with E-state index in [1.807, 2.05) is 17.7 Å². The maximum atomic E-state index is 11.3. The smallest absolute Gasteiger partial charge is 0.154 e. The van der Waals surface area contributed by atoms with Gasteiger partial charge in [0, 0.05) is 10.7 Å². The summed E-state index contributed by atoms with van der Waals surface area (Å²) < 4.78 is 8.41. The van der Waals surface area contributed by atoms with Gasteiger partial charge in [-0.2, -0.15) is 0 Å². The maximum Gasteiger partial charge on any atom is 0.154 e. The monoisotopic (exact) mass is 354 g/mol. The number of anilines is 1. The zero-order valence-electron chi connectivity index (χ0n) is 11.4. The number of nitrogen functional groups attached to an aromatic ring is 1. The molecule has 1 aliphatic rings. The fraction of sp³-hybridized carbons (Fsp3) is 0.462. The Morgan fingerprint density at radius 2 is 2.43 bits per heavy atom. The van der Waals surface area contributed by atoms with Crippen LogP contribution in [0, 0.1) is 5.92 Å². The van der Waals surface area contributed by atoms with E-state index in [0.717, 1.165) is 4.47 Å². The van der Waals surface area contributed by atoms with Crippen LogP contribution in [0.2, 0.25) is 0 Å². The predicted molar refractivity (Wildman–Crippen MR) is 79.4 cm³/mol. The summed E-state index contributed by atoms with van der Waals surface area (Å²) in [6.45, 7) is 1.54.